The number of hydrogen-bond acceptors (Lipinski definition) is 3. The van der Waals surface area contributed by atoms with Gasteiger partial charge in [0.2, 0.25) is 0 Å². The quantitative estimate of drug-likeness (QED) is 0.906. The molecule has 1 aliphatic heterocycles. The van der Waals surface area contributed by atoms with Crippen LogP contribution in [0.1, 0.15) is 42.6 Å². The molecule has 1 unspecified atom stereocenters. The second kappa shape index (κ2) is 6.80. The topological polar surface area (TPSA) is 43.8 Å². The largest absolute Gasteiger partial charge is 0.390 e. The Hall–Kier alpha value is -1.39. The molecule has 1 fully saturated rings. The average Bonchev–Trinajstić information content (AvgIpc) is 2.90. The van der Waals surface area contributed by atoms with E-state index in [-0.39, 0.29) is 5.91 Å². The standard InChI is InChI=1S/C18H28N2O2/c1-18(2,22)11-9-14-5-7-15(8-6-14)17(21)20(4)16-10-12-19(3)13-16/h5-8,16,22H,9-13H2,1-4H3. The van der Waals surface area contributed by atoms with Gasteiger partial charge in [0, 0.05) is 25.2 Å². The van der Waals surface area contributed by atoms with Crippen molar-refractivity contribution in [3.05, 3.63) is 35.4 Å². The van der Waals surface area contributed by atoms with Crippen molar-refractivity contribution >= 4 is 5.91 Å². The van der Waals surface area contributed by atoms with Gasteiger partial charge < -0.3 is 14.9 Å². The molecule has 1 saturated heterocycles. The van der Waals surface area contributed by atoms with Crippen LogP contribution >= 0.6 is 0 Å². The van der Waals surface area contributed by atoms with E-state index in [1.165, 1.54) is 0 Å². The lowest BCUT2D eigenvalue weighted by atomic mass is 9.98. The van der Waals surface area contributed by atoms with Gasteiger partial charge in [-0.05, 0) is 64.4 Å². The number of likely N-dealkylation sites (N-methyl/N-ethyl adjacent to an activating group) is 2. The summed E-state index contributed by atoms with van der Waals surface area (Å²) in [6.45, 7) is 5.64. The zero-order valence-corrected chi connectivity index (χ0v) is 14.2. The highest BCUT2D eigenvalue weighted by Gasteiger charge is 2.26. The normalized spacial score (nSPS) is 19.4. The van der Waals surface area contributed by atoms with Crippen molar-refractivity contribution in [1.29, 1.82) is 0 Å². The molecule has 0 aromatic heterocycles. The van der Waals surface area contributed by atoms with E-state index < -0.39 is 5.60 Å². The van der Waals surface area contributed by atoms with Crippen molar-refractivity contribution in [2.24, 2.45) is 0 Å². The van der Waals surface area contributed by atoms with E-state index in [2.05, 4.69) is 11.9 Å². The first-order chi connectivity index (χ1) is 10.3. The van der Waals surface area contributed by atoms with Crippen molar-refractivity contribution in [1.82, 2.24) is 9.80 Å². The number of amides is 1. The van der Waals surface area contributed by atoms with Crippen molar-refractivity contribution in [2.45, 2.75) is 44.8 Å². The van der Waals surface area contributed by atoms with Crippen LogP contribution < -0.4 is 0 Å². The Labute approximate surface area is 133 Å². The van der Waals surface area contributed by atoms with E-state index in [0.29, 0.717) is 12.5 Å². The zero-order chi connectivity index (χ0) is 16.3. The monoisotopic (exact) mass is 304 g/mol. The third-order valence-corrected chi connectivity index (χ3v) is 4.46. The van der Waals surface area contributed by atoms with E-state index >= 15 is 0 Å². The van der Waals surface area contributed by atoms with Crippen molar-refractivity contribution in [3.63, 3.8) is 0 Å². The molecule has 4 nitrogen and oxygen atoms in total. The predicted octanol–water partition coefficient (Wildman–Crippen LogP) is 2.17. The number of hydrogen-bond donors (Lipinski definition) is 1. The smallest absolute Gasteiger partial charge is 0.253 e. The Morgan fingerprint density at radius 2 is 2.00 bits per heavy atom. The maximum Gasteiger partial charge on any atom is 0.253 e. The number of carbonyl (C=O) groups excluding carboxylic acids is 1. The molecule has 2 rings (SSSR count). The van der Waals surface area contributed by atoms with Gasteiger partial charge in [-0.25, -0.2) is 0 Å². The molecule has 1 aromatic carbocycles. The molecule has 4 heteroatoms. The molecule has 1 aliphatic rings. The van der Waals surface area contributed by atoms with Gasteiger partial charge in [0.25, 0.3) is 5.91 Å². The van der Waals surface area contributed by atoms with Crippen LogP contribution in [0, 0.1) is 0 Å². The maximum atomic E-state index is 12.5. The molecule has 122 valence electrons. The molecule has 1 aromatic rings. The molecule has 0 aliphatic carbocycles. The number of likely N-dealkylation sites (tertiary alicyclic amines) is 1. The second-order valence-electron chi connectivity index (χ2n) is 7.13. The molecule has 0 bridgehead atoms. The number of aryl methyl sites for hydroxylation is 1. The molecule has 1 amide bonds. The number of carbonyl (C=O) groups is 1. The first-order valence-corrected chi connectivity index (χ1v) is 8.03. The van der Waals surface area contributed by atoms with Crippen molar-refractivity contribution < 1.29 is 9.90 Å². The van der Waals surface area contributed by atoms with Crippen LogP contribution in [-0.4, -0.2) is 59.6 Å². The van der Waals surface area contributed by atoms with E-state index in [4.69, 9.17) is 0 Å². The van der Waals surface area contributed by atoms with Crippen LogP contribution in [-0.2, 0) is 6.42 Å². The molecule has 1 heterocycles. The molecule has 1 N–H and O–H groups in total. The van der Waals surface area contributed by atoms with E-state index in [9.17, 15) is 9.90 Å². The lowest BCUT2D eigenvalue weighted by molar-refractivity contribution is 0.0710. The Bertz CT molecular complexity index is 505. The van der Waals surface area contributed by atoms with Crippen LogP contribution in [0.25, 0.3) is 0 Å². The fourth-order valence-electron chi connectivity index (χ4n) is 2.86. The number of rotatable bonds is 5. The second-order valence-corrected chi connectivity index (χ2v) is 7.13. The number of aliphatic hydroxyl groups is 1. The maximum absolute atomic E-state index is 12.5. The van der Waals surface area contributed by atoms with Crippen molar-refractivity contribution in [3.8, 4) is 0 Å². The van der Waals surface area contributed by atoms with Gasteiger partial charge in [-0.3, -0.25) is 4.79 Å². The molecule has 0 radical (unpaired) electrons. The van der Waals surface area contributed by atoms with Gasteiger partial charge in [-0.2, -0.15) is 0 Å². The van der Waals surface area contributed by atoms with Gasteiger partial charge >= 0.3 is 0 Å². The Kier molecular flexibility index (Phi) is 5.24. The predicted molar refractivity (Wildman–Crippen MR) is 89.1 cm³/mol. The minimum Gasteiger partial charge on any atom is -0.390 e. The minimum atomic E-state index is -0.650. The van der Waals surface area contributed by atoms with Gasteiger partial charge in [-0.1, -0.05) is 12.1 Å². The summed E-state index contributed by atoms with van der Waals surface area (Å²) in [6.07, 6.45) is 2.58. The van der Waals surface area contributed by atoms with E-state index in [0.717, 1.165) is 37.1 Å². The lowest BCUT2D eigenvalue weighted by Gasteiger charge is -2.24. The van der Waals surface area contributed by atoms with Gasteiger partial charge in [0.05, 0.1) is 5.60 Å². The van der Waals surface area contributed by atoms with E-state index in [1.807, 2.05) is 50.1 Å². The van der Waals surface area contributed by atoms with Gasteiger partial charge in [0.1, 0.15) is 0 Å². The first-order valence-electron chi connectivity index (χ1n) is 8.03. The molecule has 0 spiro atoms. The lowest BCUT2D eigenvalue weighted by Crippen LogP contribution is -2.38. The highest BCUT2D eigenvalue weighted by atomic mass is 16.3. The Morgan fingerprint density at radius 1 is 1.36 bits per heavy atom. The summed E-state index contributed by atoms with van der Waals surface area (Å²) >= 11 is 0. The summed E-state index contributed by atoms with van der Waals surface area (Å²) < 4.78 is 0. The van der Waals surface area contributed by atoms with Crippen LogP contribution in [0.4, 0.5) is 0 Å². The summed E-state index contributed by atoms with van der Waals surface area (Å²) in [4.78, 5) is 16.7. The van der Waals surface area contributed by atoms with Crippen LogP contribution in [0.5, 0.6) is 0 Å². The van der Waals surface area contributed by atoms with Crippen LogP contribution in [0.3, 0.4) is 0 Å². The third kappa shape index (κ3) is 4.55. The minimum absolute atomic E-state index is 0.0920. The van der Waals surface area contributed by atoms with Crippen LogP contribution in [0.2, 0.25) is 0 Å². The fourth-order valence-corrected chi connectivity index (χ4v) is 2.86. The highest BCUT2D eigenvalue weighted by molar-refractivity contribution is 5.94. The Balaban J connectivity index is 1.96. The summed E-state index contributed by atoms with van der Waals surface area (Å²) in [7, 11) is 3.99. The average molecular weight is 304 g/mol. The summed E-state index contributed by atoms with van der Waals surface area (Å²) in [5.74, 6) is 0.0920. The Morgan fingerprint density at radius 3 is 2.50 bits per heavy atom. The summed E-state index contributed by atoms with van der Waals surface area (Å²) in [6, 6.07) is 8.10. The van der Waals surface area contributed by atoms with Crippen LogP contribution in [0.15, 0.2) is 24.3 Å². The van der Waals surface area contributed by atoms with Gasteiger partial charge in [0.15, 0.2) is 0 Å². The summed E-state index contributed by atoms with van der Waals surface area (Å²) in [5, 5.41) is 9.77. The number of nitrogens with zero attached hydrogens (tertiary/aromatic N) is 2. The highest BCUT2D eigenvalue weighted by Crippen LogP contribution is 2.17. The van der Waals surface area contributed by atoms with Gasteiger partial charge in [-0.15, -0.1) is 0 Å². The molecular weight excluding hydrogens is 276 g/mol. The molecular formula is C18H28N2O2. The molecule has 0 saturated carbocycles. The SMILES string of the molecule is CN1CCC(N(C)C(=O)c2ccc(CCC(C)(C)O)cc2)C1. The third-order valence-electron chi connectivity index (χ3n) is 4.46. The fraction of sp³-hybridized carbons (Fsp3) is 0.611. The zero-order valence-electron chi connectivity index (χ0n) is 14.2. The summed E-state index contributed by atoms with van der Waals surface area (Å²) in [5.41, 5.74) is 1.24. The molecule has 22 heavy (non-hydrogen) atoms. The van der Waals surface area contributed by atoms with Crippen molar-refractivity contribution in [2.75, 3.05) is 27.2 Å². The molecule has 1 atom stereocenters. The first kappa shape index (κ1) is 17.0. The van der Waals surface area contributed by atoms with E-state index in [1.54, 1.807) is 0 Å². The number of benzene rings is 1.